The van der Waals surface area contributed by atoms with Gasteiger partial charge in [-0.1, -0.05) is 19.0 Å². The molecule has 98 valence electrons. The molecule has 1 aromatic rings. The summed E-state index contributed by atoms with van der Waals surface area (Å²) in [5.41, 5.74) is -0.455. The van der Waals surface area contributed by atoms with Gasteiger partial charge < -0.3 is 14.6 Å². The average molecular weight is 241 g/mol. The summed E-state index contributed by atoms with van der Waals surface area (Å²) < 4.78 is 10.7. The van der Waals surface area contributed by atoms with Crippen molar-refractivity contribution in [2.45, 2.75) is 51.7 Å². The summed E-state index contributed by atoms with van der Waals surface area (Å²) >= 11 is 0. The average Bonchev–Trinajstić information content (AvgIpc) is 2.84. The zero-order valence-corrected chi connectivity index (χ0v) is 11.4. The standard InChI is InChI=1S/C12H23N3O2/c1-6-9(13-4)8-10-14-11(15-17-10)12(3,7-2)16-5/h9,13H,6-8H2,1-5H3. The number of rotatable bonds is 7. The fourth-order valence-corrected chi connectivity index (χ4v) is 1.61. The first kappa shape index (κ1) is 14.1. The maximum atomic E-state index is 5.44. The molecular weight excluding hydrogens is 218 g/mol. The third-order valence-electron chi connectivity index (χ3n) is 3.39. The number of ether oxygens (including phenoxy) is 1. The predicted octanol–water partition coefficient (Wildman–Crippen LogP) is 1.88. The summed E-state index contributed by atoms with van der Waals surface area (Å²) in [6, 6.07) is 0.374. The normalized spacial score (nSPS) is 16.8. The minimum Gasteiger partial charge on any atom is -0.370 e. The first-order chi connectivity index (χ1) is 8.09. The molecule has 0 fully saturated rings. The predicted molar refractivity (Wildman–Crippen MR) is 65.8 cm³/mol. The van der Waals surface area contributed by atoms with E-state index in [9.17, 15) is 0 Å². The first-order valence-electron chi connectivity index (χ1n) is 6.15. The second-order valence-corrected chi connectivity index (χ2v) is 4.40. The van der Waals surface area contributed by atoms with Gasteiger partial charge in [0.25, 0.3) is 0 Å². The van der Waals surface area contributed by atoms with Gasteiger partial charge in [0.05, 0.1) is 0 Å². The molecule has 17 heavy (non-hydrogen) atoms. The summed E-state index contributed by atoms with van der Waals surface area (Å²) in [7, 11) is 3.61. The smallest absolute Gasteiger partial charge is 0.228 e. The Hall–Kier alpha value is -0.940. The van der Waals surface area contributed by atoms with Crippen molar-refractivity contribution in [2.24, 2.45) is 0 Å². The zero-order chi connectivity index (χ0) is 12.9. The van der Waals surface area contributed by atoms with Crippen molar-refractivity contribution in [2.75, 3.05) is 14.2 Å². The Morgan fingerprint density at radius 2 is 2.18 bits per heavy atom. The van der Waals surface area contributed by atoms with Gasteiger partial charge in [0.1, 0.15) is 5.60 Å². The molecule has 0 aromatic carbocycles. The van der Waals surface area contributed by atoms with Crippen LogP contribution in [0.4, 0.5) is 0 Å². The Labute approximate surface area is 103 Å². The van der Waals surface area contributed by atoms with E-state index >= 15 is 0 Å². The minimum absolute atomic E-state index is 0.374. The highest BCUT2D eigenvalue weighted by atomic mass is 16.5. The lowest BCUT2D eigenvalue weighted by atomic mass is 10.0. The molecule has 2 unspecified atom stereocenters. The number of hydrogen-bond donors (Lipinski definition) is 1. The Balaban J connectivity index is 2.77. The summed E-state index contributed by atoms with van der Waals surface area (Å²) in [5.74, 6) is 1.29. The van der Waals surface area contributed by atoms with E-state index in [1.165, 1.54) is 0 Å². The number of hydrogen-bond acceptors (Lipinski definition) is 5. The van der Waals surface area contributed by atoms with Gasteiger partial charge in [-0.2, -0.15) is 4.98 Å². The van der Waals surface area contributed by atoms with Crippen LogP contribution in [0.2, 0.25) is 0 Å². The highest BCUT2D eigenvalue weighted by Gasteiger charge is 2.30. The lowest BCUT2D eigenvalue weighted by Gasteiger charge is -2.21. The van der Waals surface area contributed by atoms with Gasteiger partial charge in [0.15, 0.2) is 0 Å². The molecule has 1 rings (SSSR count). The topological polar surface area (TPSA) is 60.2 Å². The Bertz CT molecular complexity index is 330. The molecule has 0 bridgehead atoms. The van der Waals surface area contributed by atoms with E-state index in [0.717, 1.165) is 19.3 Å². The third-order valence-corrected chi connectivity index (χ3v) is 3.39. The van der Waals surface area contributed by atoms with Crippen LogP contribution in [0, 0.1) is 0 Å². The van der Waals surface area contributed by atoms with Crippen molar-refractivity contribution in [3.63, 3.8) is 0 Å². The maximum Gasteiger partial charge on any atom is 0.228 e. The lowest BCUT2D eigenvalue weighted by molar-refractivity contribution is -0.0106. The molecule has 1 N–H and O–H groups in total. The van der Waals surface area contributed by atoms with Crippen LogP contribution < -0.4 is 5.32 Å². The Morgan fingerprint density at radius 3 is 2.65 bits per heavy atom. The van der Waals surface area contributed by atoms with Gasteiger partial charge in [-0.05, 0) is 26.8 Å². The quantitative estimate of drug-likeness (QED) is 0.789. The van der Waals surface area contributed by atoms with Crippen LogP contribution in [0.25, 0.3) is 0 Å². The third kappa shape index (κ3) is 3.26. The van der Waals surface area contributed by atoms with Gasteiger partial charge in [0.2, 0.25) is 11.7 Å². The molecule has 0 aliphatic carbocycles. The van der Waals surface area contributed by atoms with Crippen LogP contribution in [-0.2, 0) is 16.8 Å². The van der Waals surface area contributed by atoms with E-state index in [4.69, 9.17) is 9.26 Å². The lowest BCUT2D eigenvalue weighted by Crippen LogP contribution is -2.27. The minimum atomic E-state index is -0.455. The second kappa shape index (κ2) is 6.12. The van der Waals surface area contributed by atoms with Crippen LogP contribution in [0.5, 0.6) is 0 Å². The molecule has 1 aromatic heterocycles. The summed E-state index contributed by atoms with van der Waals surface area (Å²) in [6.45, 7) is 6.14. The molecule has 1 heterocycles. The molecule has 0 saturated carbocycles. The molecule has 0 radical (unpaired) electrons. The Kier molecular flexibility index (Phi) is 5.08. The molecule has 0 aliphatic heterocycles. The molecule has 2 atom stereocenters. The van der Waals surface area contributed by atoms with E-state index in [1.54, 1.807) is 7.11 Å². The first-order valence-corrected chi connectivity index (χ1v) is 6.15. The summed E-state index contributed by atoms with van der Waals surface area (Å²) in [5, 5.41) is 7.23. The molecular formula is C12H23N3O2. The maximum absolute atomic E-state index is 5.44. The second-order valence-electron chi connectivity index (χ2n) is 4.40. The summed E-state index contributed by atoms with van der Waals surface area (Å²) in [6.07, 6.45) is 2.60. The van der Waals surface area contributed by atoms with Crippen molar-refractivity contribution in [3.05, 3.63) is 11.7 Å². The monoisotopic (exact) mass is 241 g/mol. The number of methoxy groups -OCH3 is 1. The highest BCUT2D eigenvalue weighted by molar-refractivity contribution is 4.99. The van der Waals surface area contributed by atoms with E-state index in [0.29, 0.717) is 17.8 Å². The molecule has 5 nitrogen and oxygen atoms in total. The van der Waals surface area contributed by atoms with Gasteiger partial charge in [-0.15, -0.1) is 0 Å². The van der Waals surface area contributed by atoms with Gasteiger partial charge in [0, 0.05) is 19.6 Å². The Morgan fingerprint density at radius 1 is 1.47 bits per heavy atom. The number of nitrogens with zero attached hydrogens (tertiary/aromatic N) is 2. The number of nitrogens with one attached hydrogen (secondary N) is 1. The van der Waals surface area contributed by atoms with E-state index < -0.39 is 5.60 Å². The van der Waals surface area contributed by atoms with E-state index in [1.807, 2.05) is 20.9 Å². The summed E-state index contributed by atoms with van der Waals surface area (Å²) in [4.78, 5) is 4.42. The van der Waals surface area contributed by atoms with Crippen molar-refractivity contribution in [1.29, 1.82) is 0 Å². The van der Waals surface area contributed by atoms with Crippen LogP contribution in [0.1, 0.15) is 45.3 Å². The van der Waals surface area contributed by atoms with Crippen molar-refractivity contribution < 1.29 is 9.26 Å². The van der Waals surface area contributed by atoms with Gasteiger partial charge in [-0.3, -0.25) is 0 Å². The molecule has 5 heteroatoms. The number of likely N-dealkylation sites (N-methyl/N-ethyl adjacent to an activating group) is 1. The molecule has 0 saturated heterocycles. The van der Waals surface area contributed by atoms with Gasteiger partial charge >= 0.3 is 0 Å². The van der Waals surface area contributed by atoms with Crippen LogP contribution in [-0.4, -0.2) is 30.3 Å². The molecule has 0 aliphatic rings. The number of aromatic nitrogens is 2. The van der Waals surface area contributed by atoms with Crippen LogP contribution in [0.3, 0.4) is 0 Å². The van der Waals surface area contributed by atoms with Crippen LogP contribution >= 0.6 is 0 Å². The molecule has 0 amide bonds. The fourth-order valence-electron chi connectivity index (χ4n) is 1.61. The van der Waals surface area contributed by atoms with Crippen LogP contribution in [0.15, 0.2) is 4.52 Å². The van der Waals surface area contributed by atoms with Gasteiger partial charge in [-0.25, -0.2) is 0 Å². The SMILES string of the molecule is CCC(Cc1nc(C(C)(CC)OC)no1)NC. The zero-order valence-electron chi connectivity index (χ0n) is 11.4. The molecule has 0 spiro atoms. The van der Waals surface area contributed by atoms with Crippen molar-refractivity contribution >= 4 is 0 Å². The fraction of sp³-hybridized carbons (Fsp3) is 0.833. The van der Waals surface area contributed by atoms with E-state index in [2.05, 4.69) is 22.4 Å². The highest BCUT2D eigenvalue weighted by Crippen LogP contribution is 2.25. The van der Waals surface area contributed by atoms with Crippen molar-refractivity contribution in [3.8, 4) is 0 Å². The largest absolute Gasteiger partial charge is 0.370 e. The van der Waals surface area contributed by atoms with E-state index in [-0.39, 0.29) is 0 Å². The van der Waals surface area contributed by atoms with Crippen molar-refractivity contribution in [1.82, 2.24) is 15.5 Å².